The van der Waals surface area contributed by atoms with Crippen molar-refractivity contribution in [2.24, 2.45) is 0 Å². The van der Waals surface area contributed by atoms with Crippen molar-refractivity contribution >= 4 is 33.6 Å². The maximum absolute atomic E-state index is 12.9. The first kappa shape index (κ1) is 78.0. The highest BCUT2D eigenvalue weighted by atomic mass is 31.2. The molecule has 0 radical (unpaired) electrons. The second-order valence-electron chi connectivity index (χ2n) is 20.8. The summed E-state index contributed by atoms with van der Waals surface area (Å²) in [6.07, 6.45) is 57.0. The molecule has 0 saturated carbocycles. The maximum Gasteiger partial charge on any atom is 0.472 e. The molecule has 16 nitrogen and oxygen atoms in total. The van der Waals surface area contributed by atoms with Crippen molar-refractivity contribution in [3.05, 3.63) is 72.9 Å². The number of unbranched alkanes of at least 4 members (excludes halogenated alkanes) is 24. The minimum Gasteiger partial charge on any atom is -0.463 e. The Morgan fingerprint density at radius 3 is 1.04 bits per heavy atom. The van der Waals surface area contributed by atoms with E-state index < -0.39 is 91.5 Å². The number of ether oxygens (including phenoxy) is 3. The minimum absolute atomic E-state index is 0.0612. The third-order valence-corrected chi connectivity index (χ3v) is 14.9. The molecular weight excluding hydrogens is 1070 g/mol. The molecular formula is C63H112O16P2. The van der Waals surface area contributed by atoms with E-state index in [2.05, 4.69) is 75.5 Å². The molecule has 0 amide bonds. The Morgan fingerprint density at radius 2 is 0.654 bits per heavy atom. The van der Waals surface area contributed by atoms with Gasteiger partial charge in [-0.25, -0.2) is 9.13 Å². The molecule has 4 N–H and O–H groups in total. The van der Waals surface area contributed by atoms with E-state index in [4.69, 9.17) is 32.3 Å². The number of hydrogen-bond acceptors (Lipinski definition) is 14. The number of aliphatic hydroxyl groups is 2. The van der Waals surface area contributed by atoms with E-state index in [1.165, 1.54) is 109 Å². The Kier molecular flexibility index (Phi) is 55.3. The number of phosphoric ester groups is 2. The Labute approximate surface area is 490 Å². The van der Waals surface area contributed by atoms with Crippen LogP contribution >= 0.6 is 15.6 Å². The average Bonchev–Trinajstić information content (AvgIpc) is 3.45. The van der Waals surface area contributed by atoms with Gasteiger partial charge in [-0.05, 0) is 57.8 Å². The number of esters is 3. The molecule has 470 valence electrons. The van der Waals surface area contributed by atoms with Crippen LogP contribution < -0.4 is 0 Å². The van der Waals surface area contributed by atoms with Gasteiger partial charge in [0, 0.05) is 19.3 Å². The van der Waals surface area contributed by atoms with Gasteiger partial charge in [-0.2, -0.15) is 0 Å². The Hall–Kier alpha value is -3.01. The molecule has 0 spiro atoms. The van der Waals surface area contributed by atoms with Crippen LogP contribution in [-0.2, 0) is 55.8 Å². The van der Waals surface area contributed by atoms with Crippen LogP contribution in [-0.4, -0.2) is 95.9 Å². The number of carbonyl (C=O) groups is 3. The lowest BCUT2D eigenvalue weighted by molar-refractivity contribution is -0.161. The number of phosphoric acid groups is 2. The van der Waals surface area contributed by atoms with Gasteiger partial charge in [-0.1, -0.05) is 248 Å². The van der Waals surface area contributed by atoms with Crippen molar-refractivity contribution in [3.8, 4) is 0 Å². The minimum atomic E-state index is -4.91. The maximum atomic E-state index is 12.9. The SMILES string of the molecule is CC/C=C\C/C=C\C/C=C\C/C=C\C/C=C\C/C=C\CCC(=O)OCC(O)COP(=O)(O)OCC(O)COP(=O)(O)OCC(COC(=O)CCCCCCCCCCCCCCC)OC(=O)CCCCCCCCCCCCCCC. The summed E-state index contributed by atoms with van der Waals surface area (Å²) in [6.45, 7) is 2.47. The highest BCUT2D eigenvalue weighted by Gasteiger charge is 2.29. The zero-order chi connectivity index (χ0) is 59.6. The van der Waals surface area contributed by atoms with Gasteiger partial charge in [-0.3, -0.25) is 32.5 Å². The van der Waals surface area contributed by atoms with E-state index in [1.54, 1.807) is 0 Å². The zero-order valence-corrected chi connectivity index (χ0v) is 52.2. The fourth-order valence-electron chi connectivity index (χ4n) is 8.18. The monoisotopic (exact) mass is 1190 g/mol. The van der Waals surface area contributed by atoms with Crippen molar-refractivity contribution in [2.75, 3.05) is 39.6 Å². The van der Waals surface area contributed by atoms with Crippen LogP contribution in [0.3, 0.4) is 0 Å². The molecule has 0 rings (SSSR count). The smallest absolute Gasteiger partial charge is 0.463 e. The lowest BCUT2D eigenvalue weighted by Gasteiger charge is -2.21. The fraction of sp³-hybridized carbons (Fsp3) is 0.762. The van der Waals surface area contributed by atoms with Gasteiger partial charge in [0.1, 0.15) is 25.4 Å². The molecule has 0 aliphatic carbocycles. The first-order valence-electron chi connectivity index (χ1n) is 31.2. The Morgan fingerprint density at radius 1 is 0.358 bits per heavy atom. The van der Waals surface area contributed by atoms with Gasteiger partial charge in [0.25, 0.3) is 0 Å². The standard InChI is InChI=1S/C63H112O16P2/c1-4-7-10-13-16-19-22-25-26-27-28-29-30-33-35-37-40-43-46-49-61(66)73-52-58(64)53-75-80(69,70)76-54-59(65)55-77-81(71,72)78-57-60(79-63(68)51-48-45-42-39-36-32-24-21-18-15-12-9-6-3)56-74-62(67)50-47-44-41-38-34-31-23-20-17-14-11-8-5-2/h7,10,16,19,25-26,28-29,33,35,40,43,58-60,64-65H,4-6,8-9,11-15,17-18,20-24,27,30-32,34,36-39,41-42,44-57H2,1-3H3,(H,69,70)(H,71,72)/b10-7-,19-16-,26-25-,29-28-,35-33-,43-40-. The zero-order valence-electron chi connectivity index (χ0n) is 50.4. The van der Waals surface area contributed by atoms with Crippen LogP contribution in [0.2, 0.25) is 0 Å². The number of hydrogen-bond donors (Lipinski definition) is 4. The number of rotatable bonds is 59. The molecule has 0 fully saturated rings. The highest BCUT2D eigenvalue weighted by Crippen LogP contribution is 2.45. The summed E-state index contributed by atoms with van der Waals surface area (Å²) in [5, 5.41) is 20.4. The first-order chi connectivity index (χ1) is 39.2. The summed E-state index contributed by atoms with van der Waals surface area (Å²) in [4.78, 5) is 58.1. The number of allylic oxidation sites excluding steroid dienone is 12. The van der Waals surface area contributed by atoms with Crippen LogP contribution in [0.4, 0.5) is 0 Å². The van der Waals surface area contributed by atoms with E-state index in [1.807, 2.05) is 18.2 Å². The van der Waals surface area contributed by atoms with E-state index in [0.29, 0.717) is 25.7 Å². The van der Waals surface area contributed by atoms with Crippen molar-refractivity contribution in [3.63, 3.8) is 0 Å². The van der Waals surface area contributed by atoms with Gasteiger partial charge < -0.3 is 34.2 Å². The van der Waals surface area contributed by atoms with Crippen molar-refractivity contribution in [1.29, 1.82) is 0 Å². The lowest BCUT2D eigenvalue weighted by atomic mass is 10.0. The molecule has 0 heterocycles. The van der Waals surface area contributed by atoms with Gasteiger partial charge in [0.2, 0.25) is 0 Å². The second kappa shape index (κ2) is 57.4. The Bertz CT molecular complexity index is 1780. The predicted octanol–water partition coefficient (Wildman–Crippen LogP) is 16.4. The Balaban J connectivity index is 4.68. The largest absolute Gasteiger partial charge is 0.472 e. The normalized spacial score (nSPS) is 14.9. The number of aliphatic hydroxyl groups excluding tert-OH is 2. The molecule has 0 saturated heterocycles. The third kappa shape index (κ3) is 58.6. The molecule has 0 aromatic rings. The summed E-state index contributed by atoms with van der Waals surface area (Å²) >= 11 is 0. The molecule has 0 aliphatic rings. The predicted molar refractivity (Wildman–Crippen MR) is 325 cm³/mol. The van der Waals surface area contributed by atoms with E-state index >= 15 is 0 Å². The molecule has 5 unspecified atom stereocenters. The average molecular weight is 1190 g/mol. The van der Waals surface area contributed by atoms with Crippen molar-refractivity contribution in [2.45, 2.75) is 270 Å². The van der Waals surface area contributed by atoms with E-state index in [0.717, 1.165) is 77.0 Å². The summed E-state index contributed by atoms with van der Waals surface area (Å²) in [5.74, 6) is -1.65. The summed E-state index contributed by atoms with van der Waals surface area (Å²) in [7, 11) is -9.77. The summed E-state index contributed by atoms with van der Waals surface area (Å²) in [6, 6.07) is 0. The fourth-order valence-corrected chi connectivity index (χ4v) is 9.77. The molecule has 18 heteroatoms. The summed E-state index contributed by atoms with van der Waals surface area (Å²) in [5.41, 5.74) is 0. The first-order valence-corrected chi connectivity index (χ1v) is 34.2. The molecule has 0 aromatic carbocycles. The van der Waals surface area contributed by atoms with E-state index in [-0.39, 0.29) is 19.3 Å². The van der Waals surface area contributed by atoms with Crippen LogP contribution in [0.1, 0.15) is 252 Å². The molecule has 81 heavy (non-hydrogen) atoms. The van der Waals surface area contributed by atoms with Crippen molar-refractivity contribution in [1.82, 2.24) is 0 Å². The molecule has 0 aliphatic heterocycles. The van der Waals surface area contributed by atoms with Crippen molar-refractivity contribution < 1.29 is 75.8 Å². The van der Waals surface area contributed by atoms with E-state index in [9.17, 15) is 43.5 Å². The molecule has 0 aromatic heterocycles. The van der Waals surface area contributed by atoms with Gasteiger partial charge in [-0.15, -0.1) is 0 Å². The van der Waals surface area contributed by atoms with Crippen LogP contribution in [0.15, 0.2) is 72.9 Å². The highest BCUT2D eigenvalue weighted by molar-refractivity contribution is 7.47. The molecule has 0 bridgehead atoms. The molecule has 5 atom stereocenters. The van der Waals surface area contributed by atoms with Gasteiger partial charge in [0.05, 0.1) is 26.4 Å². The van der Waals surface area contributed by atoms with Crippen LogP contribution in [0.5, 0.6) is 0 Å². The van der Waals surface area contributed by atoms with Gasteiger partial charge >= 0.3 is 33.6 Å². The number of carbonyl (C=O) groups excluding carboxylic acids is 3. The quantitative estimate of drug-likeness (QED) is 0.0146. The lowest BCUT2D eigenvalue weighted by Crippen LogP contribution is -2.30. The van der Waals surface area contributed by atoms with Gasteiger partial charge in [0.15, 0.2) is 6.10 Å². The topological polar surface area (TPSA) is 231 Å². The second-order valence-corrected chi connectivity index (χ2v) is 23.8. The van der Waals surface area contributed by atoms with Crippen LogP contribution in [0, 0.1) is 0 Å². The summed E-state index contributed by atoms with van der Waals surface area (Å²) < 4.78 is 60.6. The van der Waals surface area contributed by atoms with Crippen LogP contribution in [0.25, 0.3) is 0 Å². The third-order valence-electron chi connectivity index (χ3n) is 13.0.